The molecule has 1 nitrogen and oxygen atoms in total. The molecule has 1 aromatic rings. The highest BCUT2D eigenvalue weighted by atomic mass is 16.1. The van der Waals surface area contributed by atoms with Gasteiger partial charge in [-0.15, -0.1) is 0 Å². The van der Waals surface area contributed by atoms with E-state index in [1.807, 2.05) is 30.3 Å². The molecule has 0 aliphatic rings. The van der Waals surface area contributed by atoms with E-state index in [1.54, 1.807) is 0 Å². The van der Waals surface area contributed by atoms with E-state index in [0.29, 0.717) is 11.3 Å². The van der Waals surface area contributed by atoms with Gasteiger partial charge in [0.25, 0.3) is 0 Å². The van der Waals surface area contributed by atoms with Crippen LogP contribution in [0.15, 0.2) is 30.3 Å². The minimum Gasteiger partial charge on any atom is -0.294 e. The second kappa shape index (κ2) is 6.56. The van der Waals surface area contributed by atoms with Crippen molar-refractivity contribution in [2.45, 2.75) is 60.8 Å². The Kier molecular flexibility index (Phi) is 5.56. The standard InChI is InChI=1S/C19H30O/c1-7-16(18(2,3)4)13-14-19(5,6)17(20)15-11-9-8-10-12-15/h8-12,16H,7,13-14H2,1-6H3. The number of ketones is 1. The number of Topliss-reactive ketones (excluding diaryl/α,β-unsaturated/α-hetero) is 1. The molecule has 0 aliphatic carbocycles. The summed E-state index contributed by atoms with van der Waals surface area (Å²) in [5.74, 6) is 0.937. The van der Waals surface area contributed by atoms with E-state index in [1.165, 1.54) is 6.42 Å². The maximum absolute atomic E-state index is 12.6. The summed E-state index contributed by atoms with van der Waals surface area (Å²) in [6.07, 6.45) is 3.25. The molecule has 1 heteroatoms. The van der Waals surface area contributed by atoms with E-state index in [4.69, 9.17) is 0 Å². The van der Waals surface area contributed by atoms with Crippen LogP contribution in [0.2, 0.25) is 0 Å². The number of rotatable bonds is 6. The molecule has 0 N–H and O–H groups in total. The minimum atomic E-state index is -0.278. The highest BCUT2D eigenvalue weighted by Gasteiger charge is 2.31. The molecule has 0 aromatic heterocycles. The lowest BCUT2D eigenvalue weighted by Crippen LogP contribution is -2.27. The summed E-state index contributed by atoms with van der Waals surface area (Å²) in [6.45, 7) is 13.3. The molecule has 0 amide bonds. The third-order valence-electron chi connectivity index (χ3n) is 4.49. The van der Waals surface area contributed by atoms with Crippen molar-refractivity contribution in [1.29, 1.82) is 0 Å². The molecule has 0 aliphatic heterocycles. The average Bonchev–Trinajstić information content (AvgIpc) is 2.38. The molecule has 20 heavy (non-hydrogen) atoms. The van der Waals surface area contributed by atoms with Gasteiger partial charge in [0.05, 0.1) is 0 Å². The van der Waals surface area contributed by atoms with E-state index in [-0.39, 0.29) is 11.2 Å². The third kappa shape index (κ3) is 4.47. The van der Waals surface area contributed by atoms with Gasteiger partial charge in [-0.25, -0.2) is 0 Å². The van der Waals surface area contributed by atoms with Crippen molar-refractivity contribution in [1.82, 2.24) is 0 Å². The Hall–Kier alpha value is -1.11. The number of carbonyl (C=O) groups excluding carboxylic acids is 1. The molecule has 0 radical (unpaired) electrons. The van der Waals surface area contributed by atoms with E-state index in [0.717, 1.165) is 18.4 Å². The summed E-state index contributed by atoms with van der Waals surface area (Å²) >= 11 is 0. The van der Waals surface area contributed by atoms with Gasteiger partial charge in [-0.2, -0.15) is 0 Å². The quantitative estimate of drug-likeness (QED) is 0.604. The Morgan fingerprint density at radius 1 is 1.05 bits per heavy atom. The van der Waals surface area contributed by atoms with Crippen LogP contribution in [0.4, 0.5) is 0 Å². The van der Waals surface area contributed by atoms with Gasteiger partial charge in [0.15, 0.2) is 5.78 Å². The Morgan fingerprint density at radius 3 is 2.05 bits per heavy atom. The van der Waals surface area contributed by atoms with Crippen molar-refractivity contribution < 1.29 is 4.79 Å². The van der Waals surface area contributed by atoms with Crippen LogP contribution in [0.5, 0.6) is 0 Å². The smallest absolute Gasteiger partial charge is 0.168 e. The highest BCUT2D eigenvalue weighted by molar-refractivity contribution is 5.99. The molecule has 1 unspecified atom stereocenters. The van der Waals surface area contributed by atoms with E-state index < -0.39 is 0 Å². The monoisotopic (exact) mass is 274 g/mol. The van der Waals surface area contributed by atoms with Gasteiger partial charge in [0.2, 0.25) is 0 Å². The van der Waals surface area contributed by atoms with Gasteiger partial charge >= 0.3 is 0 Å². The number of hydrogen-bond acceptors (Lipinski definition) is 1. The molecule has 0 fully saturated rings. The fourth-order valence-electron chi connectivity index (χ4n) is 2.88. The fourth-order valence-corrected chi connectivity index (χ4v) is 2.88. The van der Waals surface area contributed by atoms with Crippen LogP contribution >= 0.6 is 0 Å². The molecule has 1 aromatic carbocycles. The summed E-state index contributed by atoms with van der Waals surface area (Å²) in [5.41, 5.74) is 0.877. The summed E-state index contributed by atoms with van der Waals surface area (Å²) < 4.78 is 0. The number of benzene rings is 1. The molecular formula is C19H30O. The predicted molar refractivity (Wildman–Crippen MR) is 87.0 cm³/mol. The van der Waals surface area contributed by atoms with Crippen LogP contribution in [-0.4, -0.2) is 5.78 Å². The zero-order valence-electron chi connectivity index (χ0n) is 14.0. The van der Waals surface area contributed by atoms with Crippen LogP contribution in [-0.2, 0) is 0 Å². The minimum absolute atomic E-state index is 0.266. The Labute approximate surface area is 124 Å². The van der Waals surface area contributed by atoms with Gasteiger partial charge < -0.3 is 0 Å². The van der Waals surface area contributed by atoms with Gasteiger partial charge in [0, 0.05) is 11.0 Å². The first-order valence-electron chi connectivity index (χ1n) is 7.78. The normalized spacial score (nSPS) is 14.1. The van der Waals surface area contributed by atoms with Crippen LogP contribution in [0.3, 0.4) is 0 Å². The van der Waals surface area contributed by atoms with Gasteiger partial charge in [-0.1, -0.05) is 78.3 Å². The van der Waals surface area contributed by atoms with Crippen LogP contribution in [0, 0.1) is 16.7 Å². The second-order valence-electron chi connectivity index (χ2n) is 7.59. The van der Waals surface area contributed by atoms with E-state index >= 15 is 0 Å². The SMILES string of the molecule is CCC(CCC(C)(C)C(=O)c1ccccc1)C(C)(C)C. The molecule has 1 rings (SSSR count). The molecule has 0 spiro atoms. The van der Waals surface area contributed by atoms with Crippen molar-refractivity contribution in [3.05, 3.63) is 35.9 Å². The predicted octanol–water partition coefficient (Wildman–Crippen LogP) is 5.75. The first-order valence-corrected chi connectivity index (χ1v) is 7.78. The van der Waals surface area contributed by atoms with Crippen molar-refractivity contribution in [3.63, 3.8) is 0 Å². The van der Waals surface area contributed by atoms with Crippen molar-refractivity contribution in [2.24, 2.45) is 16.7 Å². The Bertz CT molecular complexity index is 423. The summed E-state index contributed by atoms with van der Waals surface area (Å²) in [6, 6.07) is 9.67. The average molecular weight is 274 g/mol. The lowest BCUT2D eigenvalue weighted by molar-refractivity contribution is 0.0799. The molecule has 0 saturated heterocycles. The first-order chi connectivity index (χ1) is 9.18. The Morgan fingerprint density at radius 2 is 1.60 bits per heavy atom. The number of carbonyl (C=O) groups is 1. The van der Waals surface area contributed by atoms with Crippen molar-refractivity contribution in [3.8, 4) is 0 Å². The molecule has 1 atom stereocenters. The summed E-state index contributed by atoms with van der Waals surface area (Å²) in [7, 11) is 0. The fraction of sp³-hybridized carbons (Fsp3) is 0.632. The number of hydrogen-bond donors (Lipinski definition) is 0. The Balaban J connectivity index is 2.73. The highest BCUT2D eigenvalue weighted by Crippen LogP contribution is 2.37. The second-order valence-corrected chi connectivity index (χ2v) is 7.59. The molecule has 0 bridgehead atoms. The molecule has 0 saturated carbocycles. The van der Waals surface area contributed by atoms with Crippen LogP contribution < -0.4 is 0 Å². The maximum Gasteiger partial charge on any atom is 0.168 e. The van der Waals surface area contributed by atoms with Gasteiger partial charge in [-0.3, -0.25) is 4.79 Å². The van der Waals surface area contributed by atoms with E-state index in [9.17, 15) is 4.79 Å². The molecular weight excluding hydrogens is 244 g/mol. The van der Waals surface area contributed by atoms with Crippen LogP contribution in [0.1, 0.15) is 71.2 Å². The topological polar surface area (TPSA) is 17.1 Å². The maximum atomic E-state index is 12.6. The van der Waals surface area contributed by atoms with E-state index in [2.05, 4.69) is 41.5 Å². The first kappa shape index (κ1) is 16.9. The summed E-state index contributed by atoms with van der Waals surface area (Å²) in [4.78, 5) is 12.6. The molecule has 112 valence electrons. The zero-order valence-corrected chi connectivity index (χ0v) is 14.0. The van der Waals surface area contributed by atoms with Crippen molar-refractivity contribution in [2.75, 3.05) is 0 Å². The zero-order chi connectivity index (χ0) is 15.4. The van der Waals surface area contributed by atoms with Crippen molar-refractivity contribution >= 4 is 5.78 Å². The van der Waals surface area contributed by atoms with Crippen LogP contribution in [0.25, 0.3) is 0 Å². The summed E-state index contributed by atoms with van der Waals surface area (Å²) in [5, 5.41) is 0. The third-order valence-corrected chi connectivity index (χ3v) is 4.49. The lowest BCUT2D eigenvalue weighted by atomic mass is 9.72. The lowest BCUT2D eigenvalue weighted by Gasteiger charge is -2.33. The van der Waals surface area contributed by atoms with Gasteiger partial charge in [-0.05, 0) is 24.2 Å². The molecule has 0 heterocycles. The van der Waals surface area contributed by atoms with Gasteiger partial charge in [0.1, 0.15) is 0 Å². The largest absolute Gasteiger partial charge is 0.294 e.